The highest BCUT2D eigenvalue weighted by Gasteiger charge is 2.31. The predicted octanol–water partition coefficient (Wildman–Crippen LogP) is 4.63. The molecular weight excluding hydrogens is 370 g/mol. The Labute approximate surface area is 167 Å². The topological polar surface area (TPSA) is 62.3 Å². The van der Waals surface area contributed by atoms with Crippen LogP contribution in [0.3, 0.4) is 0 Å². The highest BCUT2D eigenvalue weighted by atomic mass is 32.1. The Morgan fingerprint density at radius 1 is 1.18 bits per heavy atom. The molecule has 1 fully saturated rings. The number of thiazole rings is 1. The molecule has 6 heteroatoms. The summed E-state index contributed by atoms with van der Waals surface area (Å²) in [4.78, 5) is 30.5. The number of likely N-dealkylation sites (tertiary alicyclic amines) is 1. The molecule has 0 saturated carbocycles. The molecule has 2 amide bonds. The first-order valence-electron chi connectivity index (χ1n) is 9.32. The van der Waals surface area contributed by atoms with Crippen molar-refractivity contribution in [2.24, 2.45) is 0 Å². The molecular formula is C22H21N3O2S. The molecule has 1 aliphatic heterocycles. The van der Waals surface area contributed by atoms with Gasteiger partial charge in [-0.05, 0) is 48.7 Å². The summed E-state index contributed by atoms with van der Waals surface area (Å²) in [6, 6.07) is 15.6. The fraction of sp³-hybridized carbons (Fsp3) is 0.227. The summed E-state index contributed by atoms with van der Waals surface area (Å²) in [5.41, 5.74) is 2.65. The summed E-state index contributed by atoms with van der Waals surface area (Å²) < 4.78 is 1.16. The van der Waals surface area contributed by atoms with Crippen LogP contribution in [0.2, 0.25) is 0 Å². The first-order chi connectivity index (χ1) is 13.6. The third kappa shape index (κ3) is 3.97. The molecule has 4 rings (SSSR count). The normalized spacial score (nSPS) is 16.8. The number of carbonyl (C=O) groups is 2. The molecule has 3 aromatic rings. The maximum absolute atomic E-state index is 12.8. The Kier molecular flexibility index (Phi) is 5.21. The molecule has 142 valence electrons. The number of nitrogens with zero attached hydrogens (tertiary/aromatic N) is 2. The van der Waals surface area contributed by atoms with Crippen LogP contribution in [0, 0.1) is 0 Å². The molecule has 0 aliphatic carbocycles. The van der Waals surface area contributed by atoms with Gasteiger partial charge in [-0.1, -0.05) is 24.3 Å². The van der Waals surface area contributed by atoms with Crippen molar-refractivity contribution in [1.29, 1.82) is 0 Å². The summed E-state index contributed by atoms with van der Waals surface area (Å²) >= 11 is 1.67. The van der Waals surface area contributed by atoms with Gasteiger partial charge in [0.05, 0.1) is 16.3 Å². The van der Waals surface area contributed by atoms with E-state index in [1.54, 1.807) is 17.4 Å². The molecule has 1 aromatic heterocycles. The standard InChI is InChI=1S/C22H21N3O2S/c1-15(26)23-17-11-8-16(9-12-17)10-13-21(27)25-14-4-6-19(25)22-24-18-5-2-3-7-20(18)28-22/h2-3,5,7-13,19H,4,6,14H2,1H3,(H,23,26)/b13-10+. The summed E-state index contributed by atoms with van der Waals surface area (Å²) in [5, 5.41) is 3.75. The van der Waals surface area contributed by atoms with Gasteiger partial charge in [0.2, 0.25) is 11.8 Å². The number of carbonyl (C=O) groups excluding carboxylic acids is 2. The van der Waals surface area contributed by atoms with Gasteiger partial charge >= 0.3 is 0 Å². The number of rotatable bonds is 4. The van der Waals surface area contributed by atoms with Crippen molar-refractivity contribution in [2.45, 2.75) is 25.8 Å². The fourth-order valence-corrected chi connectivity index (χ4v) is 4.58. The van der Waals surface area contributed by atoms with E-state index in [4.69, 9.17) is 4.98 Å². The third-order valence-corrected chi connectivity index (χ3v) is 5.92. The lowest BCUT2D eigenvalue weighted by atomic mass is 10.2. The Bertz CT molecular complexity index is 1010. The minimum atomic E-state index is -0.103. The highest BCUT2D eigenvalue weighted by molar-refractivity contribution is 7.18. The molecule has 1 saturated heterocycles. The number of benzene rings is 2. The van der Waals surface area contributed by atoms with Crippen molar-refractivity contribution < 1.29 is 9.59 Å². The summed E-state index contributed by atoms with van der Waals surface area (Å²) in [6.07, 6.45) is 5.38. The minimum absolute atomic E-state index is 0.00712. The average Bonchev–Trinajstić information content (AvgIpc) is 3.33. The number of aromatic nitrogens is 1. The lowest BCUT2D eigenvalue weighted by Crippen LogP contribution is -2.28. The van der Waals surface area contributed by atoms with E-state index in [0.29, 0.717) is 0 Å². The van der Waals surface area contributed by atoms with Crippen LogP contribution in [-0.4, -0.2) is 28.2 Å². The highest BCUT2D eigenvalue weighted by Crippen LogP contribution is 2.36. The molecule has 1 atom stereocenters. The van der Waals surface area contributed by atoms with Crippen molar-refractivity contribution in [3.8, 4) is 0 Å². The van der Waals surface area contributed by atoms with Gasteiger partial charge in [-0.3, -0.25) is 9.59 Å². The molecule has 2 aromatic carbocycles. The van der Waals surface area contributed by atoms with Gasteiger partial charge in [0.15, 0.2) is 0 Å². The monoisotopic (exact) mass is 391 g/mol. The average molecular weight is 391 g/mol. The van der Waals surface area contributed by atoms with Crippen LogP contribution in [0.15, 0.2) is 54.6 Å². The Morgan fingerprint density at radius 2 is 1.96 bits per heavy atom. The molecule has 0 radical (unpaired) electrons. The molecule has 2 heterocycles. The van der Waals surface area contributed by atoms with E-state index in [9.17, 15) is 9.59 Å². The van der Waals surface area contributed by atoms with Crippen LogP contribution in [0.1, 0.15) is 36.4 Å². The van der Waals surface area contributed by atoms with Crippen molar-refractivity contribution in [3.05, 3.63) is 65.2 Å². The van der Waals surface area contributed by atoms with Crippen molar-refractivity contribution in [3.63, 3.8) is 0 Å². The van der Waals surface area contributed by atoms with Crippen LogP contribution in [0.5, 0.6) is 0 Å². The van der Waals surface area contributed by atoms with Crippen molar-refractivity contribution in [1.82, 2.24) is 9.88 Å². The second-order valence-corrected chi connectivity index (χ2v) is 7.91. The van der Waals surface area contributed by atoms with E-state index in [-0.39, 0.29) is 17.9 Å². The number of amides is 2. The maximum atomic E-state index is 12.8. The molecule has 0 bridgehead atoms. The lowest BCUT2D eigenvalue weighted by molar-refractivity contribution is -0.126. The number of hydrogen-bond donors (Lipinski definition) is 1. The lowest BCUT2D eigenvalue weighted by Gasteiger charge is -2.21. The number of anilines is 1. The second-order valence-electron chi connectivity index (χ2n) is 6.85. The summed E-state index contributed by atoms with van der Waals surface area (Å²) in [7, 11) is 0. The number of nitrogens with one attached hydrogen (secondary N) is 1. The van der Waals surface area contributed by atoms with Gasteiger partial charge in [-0.15, -0.1) is 11.3 Å². The zero-order chi connectivity index (χ0) is 19.5. The van der Waals surface area contributed by atoms with Gasteiger partial charge in [0.25, 0.3) is 0 Å². The van der Waals surface area contributed by atoms with Gasteiger partial charge in [0, 0.05) is 25.2 Å². The van der Waals surface area contributed by atoms with Crippen molar-refractivity contribution in [2.75, 3.05) is 11.9 Å². The molecule has 1 N–H and O–H groups in total. The van der Waals surface area contributed by atoms with Gasteiger partial charge in [-0.25, -0.2) is 4.98 Å². The summed E-state index contributed by atoms with van der Waals surface area (Å²) in [6.45, 7) is 2.23. The smallest absolute Gasteiger partial charge is 0.247 e. The molecule has 1 unspecified atom stereocenters. The number of hydrogen-bond acceptors (Lipinski definition) is 4. The molecule has 0 spiro atoms. The Hall–Kier alpha value is -2.99. The Balaban J connectivity index is 1.47. The van der Waals surface area contributed by atoms with E-state index in [2.05, 4.69) is 11.4 Å². The Morgan fingerprint density at radius 3 is 2.71 bits per heavy atom. The van der Waals surface area contributed by atoms with Gasteiger partial charge in [0.1, 0.15) is 5.01 Å². The molecule has 28 heavy (non-hydrogen) atoms. The van der Waals surface area contributed by atoms with Crippen LogP contribution in [-0.2, 0) is 9.59 Å². The predicted molar refractivity (Wildman–Crippen MR) is 113 cm³/mol. The number of para-hydroxylation sites is 1. The van der Waals surface area contributed by atoms with Gasteiger partial charge < -0.3 is 10.2 Å². The first kappa shape index (κ1) is 18.4. The molecule has 1 aliphatic rings. The minimum Gasteiger partial charge on any atom is -0.330 e. The van der Waals surface area contributed by atoms with E-state index in [1.807, 2.05) is 53.4 Å². The third-order valence-electron chi connectivity index (χ3n) is 4.78. The second kappa shape index (κ2) is 7.94. The van der Waals surface area contributed by atoms with E-state index in [1.165, 1.54) is 6.92 Å². The maximum Gasteiger partial charge on any atom is 0.247 e. The SMILES string of the molecule is CC(=O)Nc1ccc(/C=C/C(=O)N2CCCC2c2nc3ccccc3s2)cc1. The van der Waals surface area contributed by atoms with E-state index < -0.39 is 0 Å². The first-order valence-corrected chi connectivity index (χ1v) is 10.1. The zero-order valence-corrected chi connectivity index (χ0v) is 16.4. The molecule has 5 nitrogen and oxygen atoms in total. The largest absolute Gasteiger partial charge is 0.330 e. The zero-order valence-electron chi connectivity index (χ0n) is 15.6. The van der Waals surface area contributed by atoms with Crippen molar-refractivity contribution >= 4 is 45.1 Å². The quantitative estimate of drug-likeness (QED) is 0.660. The van der Waals surface area contributed by atoms with Crippen LogP contribution in [0.4, 0.5) is 5.69 Å². The van der Waals surface area contributed by atoms with Crippen LogP contribution < -0.4 is 5.32 Å². The fourth-order valence-electron chi connectivity index (χ4n) is 3.46. The van der Waals surface area contributed by atoms with E-state index in [0.717, 1.165) is 45.9 Å². The van der Waals surface area contributed by atoms with Crippen LogP contribution in [0.25, 0.3) is 16.3 Å². The van der Waals surface area contributed by atoms with Gasteiger partial charge in [-0.2, -0.15) is 0 Å². The van der Waals surface area contributed by atoms with Crippen LogP contribution >= 0.6 is 11.3 Å². The van der Waals surface area contributed by atoms with E-state index >= 15 is 0 Å². The number of fused-ring (bicyclic) bond motifs is 1. The summed E-state index contributed by atoms with van der Waals surface area (Å²) in [5.74, 6) is -0.0962.